The number of aromatic nitrogens is 3. The number of carbonyl (C=O) groups excluding carboxylic acids is 1. The summed E-state index contributed by atoms with van der Waals surface area (Å²) in [5, 5.41) is 9.41. The van der Waals surface area contributed by atoms with Crippen LogP contribution in [0.2, 0.25) is 5.02 Å². The van der Waals surface area contributed by atoms with Crippen LogP contribution in [0.5, 0.6) is 0 Å². The second-order valence-corrected chi connectivity index (χ2v) is 5.17. The second-order valence-electron chi connectivity index (χ2n) is 4.73. The Morgan fingerprint density at radius 3 is 2.70 bits per heavy atom. The molecule has 2 rings (SSSR count). The minimum atomic E-state index is -4.35. The maximum absolute atomic E-state index is 12.3. The van der Waals surface area contributed by atoms with Gasteiger partial charge in [0.15, 0.2) is 0 Å². The van der Waals surface area contributed by atoms with Gasteiger partial charge in [-0.2, -0.15) is 18.3 Å². The van der Waals surface area contributed by atoms with Crippen LogP contribution in [0.1, 0.15) is 6.92 Å². The molecule has 2 aromatic rings. The molecule has 23 heavy (non-hydrogen) atoms. The van der Waals surface area contributed by atoms with Crippen LogP contribution in [-0.2, 0) is 11.3 Å². The average Bonchev–Trinajstić information content (AvgIpc) is 2.86. The van der Waals surface area contributed by atoms with Gasteiger partial charge in [0.1, 0.15) is 24.2 Å². The number of nitrogens with one attached hydrogen (secondary N) is 2. The van der Waals surface area contributed by atoms with Crippen LogP contribution in [0.4, 0.5) is 24.8 Å². The molecule has 0 bridgehead atoms. The Kier molecular flexibility index (Phi) is 5.09. The van der Waals surface area contributed by atoms with Crippen LogP contribution >= 0.6 is 11.6 Å². The predicted molar refractivity (Wildman–Crippen MR) is 79.2 cm³/mol. The van der Waals surface area contributed by atoms with Gasteiger partial charge in [-0.1, -0.05) is 11.6 Å². The zero-order valence-corrected chi connectivity index (χ0v) is 12.7. The normalized spacial score (nSPS) is 12.7. The molecule has 0 saturated heterocycles. The maximum atomic E-state index is 12.3. The van der Waals surface area contributed by atoms with Crippen LogP contribution in [0.25, 0.3) is 0 Å². The van der Waals surface area contributed by atoms with E-state index in [1.54, 1.807) is 13.0 Å². The summed E-state index contributed by atoms with van der Waals surface area (Å²) < 4.78 is 37.5. The van der Waals surface area contributed by atoms with Crippen molar-refractivity contribution in [3.63, 3.8) is 0 Å². The van der Waals surface area contributed by atoms with Crippen LogP contribution in [-0.4, -0.2) is 32.9 Å². The lowest BCUT2D eigenvalue weighted by molar-refractivity contribution is -0.142. The molecular formula is C13H13ClF3N5O. The third-order valence-electron chi connectivity index (χ3n) is 2.72. The number of pyridine rings is 1. The molecule has 124 valence electrons. The number of alkyl halides is 3. The fourth-order valence-electron chi connectivity index (χ4n) is 1.68. The highest BCUT2D eigenvalue weighted by Gasteiger charge is 2.28. The maximum Gasteiger partial charge on any atom is 0.408 e. The summed E-state index contributed by atoms with van der Waals surface area (Å²) in [5.41, 5.74) is 0. The summed E-state index contributed by atoms with van der Waals surface area (Å²) in [7, 11) is 0. The highest BCUT2D eigenvalue weighted by molar-refractivity contribution is 6.30. The van der Waals surface area contributed by atoms with Gasteiger partial charge in [-0.25, -0.2) is 4.98 Å². The molecule has 0 aromatic carbocycles. The van der Waals surface area contributed by atoms with Crippen molar-refractivity contribution in [1.82, 2.24) is 14.8 Å². The molecule has 6 nitrogen and oxygen atoms in total. The summed E-state index contributed by atoms with van der Waals surface area (Å²) in [5.74, 6) is 0.0711. The monoisotopic (exact) mass is 347 g/mol. The zero-order valence-electron chi connectivity index (χ0n) is 11.9. The van der Waals surface area contributed by atoms with Crippen molar-refractivity contribution in [1.29, 1.82) is 0 Å². The van der Waals surface area contributed by atoms with E-state index >= 15 is 0 Å². The second kappa shape index (κ2) is 6.86. The average molecular weight is 348 g/mol. The summed E-state index contributed by atoms with van der Waals surface area (Å²) >= 11 is 5.69. The largest absolute Gasteiger partial charge is 0.408 e. The standard InChI is InChI=1S/C13H13ClF3N5O/c1-8(12(23)20-10-3-2-9(14)6-18-10)19-11-4-5-22(21-11)7-13(15,16)17/h2-6,8H,7H2,1H3,(H,19,21)(H,18,20,23). The molecule has 0 aliphatic carbocycles. The van der Waals surface area contributed by atoms with E-state index in [4.69, 9.17) is 11.6 Å². The molecule has 2 aromatic heterocycles. The predicted octanol–water partition coefficient (Wildman–Crippen LogP) is 2.93. The molecule has 0 radical (unpaired) electrons. The molecule has 1 unspecified atom stereocenters. The van der Waals surface area contributed by atoms with E-state index in [0.717, 1.165) is 4.68 Å². The quantitative estimate of drug-likeness (QED) is 0.872. The molecule has 1 atom stereocenters. The first-order valence-electron chi connectivity index (χ1n) is 6.52. The molecule has 0 aliphatic heterocycles. The van der Waals surface area contributed by atoms with Gasteiger partial charge in [0.2, 0.25) is 5.91 Å². The van der Waals surface area contributed by atoms with Gasteiger partial charge in [-0.15, -0.1) is 0 Å². The van der Waals surface area contributed by atoms with Crippen molar-refractivity contribution in [2.24, 2.45) is 0 Å². The van der Waals surface area contributed by atoms with Gasteiger partial charge < -0.3 is 10.6 Å². The summed E-state index contributed by atoms with van der Waals surface area (Å²) in [4.78, 5) is 15.9. The van der Waals surface area contributed by atoms with Crippen molar-refractivity contribution in [2.45, 2.75) is 25.7 Å². The fourth-order valence-corrected chi connectivity index (χ4v) is 1.79. The van der Waals surface area contributed by atoms with E-state index in [9.17, 15) is 18.0 Å². The number of hydrogen-bond acceptors (Lipinski definition) is 4. The van der Waals surface area contributed by atoms with E-state index in [1.165, 1.54) is 24.5 Å². The highest BCUT2D eigenvalue weighted by Crippen LogP contribution is 2.18. The minimum absolute atomic E-state index is 0.168. The third kappa shape index (κ3) is 5.44. The Bertz CT molecular complexity index is 671. The number of rotatable bonds is 5. The van der Waals surface area contributed by atoms with Gasteiger partial charge in [-0.3, -0.25) is 9.48 Å². The molecule has 2 N–H and O–H groups in total. The Labute approximate surface area is 134 Å². The summed E-state index contributed by atoms with van der Waals surface area (Å²) in [6.07, 6.45) is -1.79. The lowest BCUT2D eigenvalue weighted by Gasteiger charge is -2.13. The lowest BCUT2D eigenvalue weighted by atomic mass is 10.3. The molecule has 0 aliphatic rings. The van der Waals surface area contributed by atoms with E-state index in [0.29, 0.717) is 10.8 Å². The molecule has 2 heterocycles. The van der Waals surface area contributed by atoms with Crippen LogP contribution in [0.15, 0.2) is 30.6 Å². The molecule has 0 spiro atoms. The lowest BCUT2D eigenvalue weighted by Crippen LogP contribution is -2.32. The van der Waals surface area contributed by atoms with E-state index in [2.05, 4.69) is 20.7 Å². The molecule has 0 fully saturated rings. The summed E-state index contributed by atoms with van der Waals surface area (Å²) in [6, 6.07) is 3.74. The Hall–Kier alpha value is -2.29. The van der Waals surface area contributed by atoms with Crippen LogP contribution < -0.4 is 10.6 Å². The Morgan fingerprint density at radius 1 is 1.35 bits per heavy atom. The smallest absolute Gasteiger partial charge is 0.357 e. The number of anilines is 2. The molecule has 1 amide bonds. The number of amides is 1. The van der Waals surface area contributed by atoms with Crippen molar-refractivity contribution < 1.29 is 18.0 Å². The molecular weight excluding hydrogens is 335 g/mol. The number of carbonyl (C=O) groups is 1. The van der Waals surface area contributed by atoms with Crippen molar-refractivity contribution >= 4 is 29.1 Å². The van der Waals surface area contributed by atoms with E-state index in [1.807, 2.05) is 0 Å². The van der Waals surface area contributed by atoms with Gasteiger partial charge >= 0.3 is 6.18 Å². The Morgan fingerprint density at radius 2 is 2.09 bits per heavy atom. The van der Waals surface area contributed by atoms with Crippen molar-refractivity contribution in [2.75, 3.05) is 10.6 Å². The Balaban J connectivity index is 1.92. The minimum Gasteiger partial charge on any atom is -0.357 e. The topological polar surface area (TPSA) is 71.8 Å². The zero-order chi connectivity index (χ0) is 17.0. The van der Waals surface area contributed by atoms with Crippen LogP contribution in [0.3, 0.4) is 0 Å². The molecule has 10 heteroatoms. The first-order chi connectivity index (χ1) is 10.7. The van der Waals surface area contributed by atoms with E-state index in [-0.39, 0.29) is 5.82 Å². The van der Waals surface area contributed by atoms with Gasteiger partial charge in [0, 0.05) is 18.5 Å². The SMILES string of the molecule is CC(Nc1ccn(CC(F)(F)F)n1)C(=O)Nc1ccc(Cl)cn1. The van der Waals surface area contributed by atoms with Gasteiger partial charge in [0.25, 0.3) is 0 Å². The van der Waals surface area contributed by atoms with Gasteiger partial charge in [-0.05, 0) is 19.1 Å². The summed E-state index contributed by atoms with van der Waals surface area (Å²) in [6.45, 7) is 0.359. The molecule has 0 saturated carbocycles. The van der Waals surface area contributed by atoms with Gasteiger partial charge in [0.05, 0.1) is 5.02 Å². The highest BCUT2D eigenvalue weighted by atomic mass is 35.5. The number of hydrogen-bond donors (Lipinski definition) is 2. The third-order valence-corrected chi connectivity index (χ3v) is 2.94. The van der Waals surface area contributed by atoms with Crippen molar-refractivity contribution in [3.8, 4) is 0 Å². The fraction of sp³-hybridized carbons (Fsp3) is 0.308. The number of halogens is 4. The van der Waals surface area contributed by atoms with Crippen LogP contribution in [0, 0.1) is 0 Å². The first-order valence-corrected chi connectivity index (χ1v) is 6.90. The van der Waals surface area contributed by atoms with E-state index < -0.39 is 24.7 Å². The van der Waals surface area contributed by atoms with Crippen molar-refractivity contribution in [3.05, 3.63) is 35.6 Å². The first kappa shape index (κ1) is 17.1. The number of nitrogens with zero attached hydrogens (tertiary/aromatic N) is 3.